The summed E-state index contributed by atoms with van der Waals surface area (Å²) in [6.07, 6.45) is -0.0307. The zero-order valence-electron chi connectivity index (χ0n) is 12.7. The third kappa shape index (κ3) is 3.80. The molecule has 2 rings (SSSR count). The highest BCUT2D eigenvalue weighted by Crippen LogP contribution is 2.34. The van der Waals surface area contributed by atoms with Gasteiger partial charge in [0.2, 0.25) is 0 Å². The second-order valence-corrected chi connectivity index (χ2v) is 5.88. The first kappa shape index (κ1) is 15.9. The molecule has 0 amide bonds. The minimum absolute atomic E-state index is 0.246. The van der Waals surface area contributed by atoms with Crippen LogP contribution >= 0.6 is 0 Å². The number of pyridine rings is 1. The summed E-state index contributed by atoms with van der Waals surface area (Å²) in [5.41, 5.74) is -0.660. The molecule has 0 aromatic carbocycles. The first-order chi connectivity index (χ1) is 9.81. The Balaban J connectivity index is 2.29. The minimum atomic E-state index is -4.36. The van der Waals surface area contributed by atoms with Crippen LogP contribution in [0.2, 0.25) is 0 Å². The topological polar surface area (TPSA) is 28.2 Å². The smallest absolute Gasteiger partial charge is 0.373 e. The third-order valence-electron chi connectivity index (χ3n) is 4.21. The van der Waals surface area contributed by atoms with Gasteiger partial charge in [0.15, 0.2) is 0 Å². The van der Waals surface area contributed by atoms with Crippen LogP contribution in [0.15, 0.2) is 12.1 Å². The van der Waals surface area contributed by atoms with Crippen molar-refractivity contribution in [1.29, 1.82) is 0 Å². The number of hydrogen-bond donors (Lipinski definition) is 1. The molecule has 3 nitrogen and oxygen atoms in total. The van der Waals surface area contributed by atoms with Crippen LogP contribution in [0, 0.1) is 5.92 Å². The van der Waals surface area contributed by atoms with E-state index in [0.717, 1.165) is 31.4 Å². The van der Waals surface area contributed by atoms with Crippen LogP contribution in [0.3, 0.4) is 0 Å². The molecule has 1 aliphatic carbocycles. The van der Waals surface area contributed by atoms with Crippen LogP contribution in [0.25, 0.3) is 0 Å². The van der Waals surface area contributed by atoms with Crippen LogP contribution in [0.1, 0.15) is 38.2 Å². The molecule has 0 bridgehead atoms. The molecular weight excluding hydrogens is 279 g/mol. The van der Waals surface area contributed by atoms with Crippen LogP contribution < -0.4 is 10.2 Å². The van der Waals surface area contributed by atoms with Crippen molar-refractivity contribution in [3.8, 4) is 0 Å². The summed E-state index contributed by atoms with van der Waals surface area (Å²) in [6, 6.07) is 2.44. The summed E-state index contributed by atoms with van der Waals surface area (Å²) >= 11 is 0. The molecule has 6 heteroatoms. The lowest BCUT2D eigenvalue weighted by Crippen LogP contribution is -2.36. The van der Waals surface area contributed by atoms with Gasteiger partial charge >= 0.3 is 6.18 Å². The Morgan fingerprint density at radius 2 is 2.00 bits per heavy atom. The predicted octanol–water partition coefficient (Wildman–Crippen LogP) is 4.16. The van der Waals surface area contributed by atoms with Crippen LogP contribution in [0.4, 0.5) is 24.8 Å². The zero-order valence-corrected chi connectivity index (χ0v) is 12.7. The van der Waals surface area contributed by atoms with Gasteiger partial charge in [0.1, 0.15) is 11.6 Å². The van der Waals surface area contributed by atoms with E-state index in [9.17, 15) is 13.2 Å². The molecule has 2 atom stereocenters. The third-order valence-corrected chi connectivity index (χ3v) is 4.21. The monoisotopic (exact) mass is 301 g/mol. The standard InChI is InChI=1S/C15H22F3N3/c1-10-5-4-6-12(7-10)21(3)14-9-11(15(16,17)18)8-13(19-2)20-14/h8-10,12H,4-7H2,1-3H3,(H,19,20). The Hall–Kier alpha value is -1.46. The number of nitrogens with zero attached hydrogens (tertiary/aromatic N) is 2. The summed E-state index contributed by atoms with van der Waals surface area (Å²) < 4.78 is 38.9. The van der Waals surface area contributed by atoms with E-state index in [4.69, 9.17) is 0 Å². The Morgan fingerprint density at radius 1 is 1.29 bits per heavy atom. The van der Waals surface area contributed by atoms with Gasteiger partial charge in [0, 0.05) is 20.1 Å². The van der Waals surface area contributed by atoms with Crippen molar-refractivity contribution in [2.24, 2.45) is 5.92 Å². The maximum atomic E-state index is 13.0. The van der Waals surface area contributed by atoms with Crippen LogP contribution in [-0.4, -0.2) is 25.1 Å². The lowest BCUT2D eigenvalue weighted by atomic mass is 9.86. The maximum Gasteiger partial charge on any atom is 0.416 e. The Kier molecular flexibility index (Phi) is 4.64. The van der Waals surface area contributed by atoms with Gasteiger partial charge in [0.25, 0.3) is 0 Å². The number of halogens is 3. The van der Waals surface area contributed by atoms with Gasteiger partial charge in [-0.15, -0.1) is 0 Å². The van der Waals surface area contributed by atoms with E-state index >= 15 is 0 Å². The van der Waals surface area contributed by atoms with E-state index < -0.39 is 11.7 Å². The molecule has 0 spiro atoms. The van der Waals surface area contributed by atoms with Crippen molar-refractivity contribution < 1.29 is 13.2 Å². The number of alkyl halides is 3. The number of anilines is 2. The largest absolute Gasteiger partial charge is 0.416 e. The fourth-order valence-corrected chi connectivity index (χ4v) is 2.93. The zero-order chi connectivity index (χ0) is 15.6. The van der Waals surface area contributed by atoms with Crippen molar-refractivity contribution in [2.75, 3.05) is 24.3 Å². The molecule has 1 saturated carbocycles. The maximum absolute atomic E-state index is 13.0. The van der Waals surface area contributed by atoms with E-state index in [1.807, 2.05) is 11.9 Å². The Labute approximate surface area is 123 Å². The van der Waals surface area contributed by atoms with E-state index in [-0.39, 0.29) is 11.9 Å². The van der Waals surface area contributed by atoms with Gasteiger partial charge in [-0.2, -0.15) is 13.2 Å². The van der Waals surface area contributed by atoms with Gasteiger partial charge in [-0.05, 0) is 30.9 Å². The van der Waals surface area contributed by atoms with E-state index in [0.29, 0.717) is 11.7 Å². The van der Waals surface area contributed by atoms with Crippen LogP contribution in [-0.2, 0) is 6.18 Å². The van der Waals surface area contributed by atoms with Crippen LogP contribution in [0.5, 0.6) is 0 Å². The highest BCUT2D eigenvalue weighted by Gasteiger charge is 2.33. The van der Waals surface area contributed by atoms with Crippen molar-refractivity contribution in [1.82, 2.24) is 4.98 Å². The SMILES string of the molecule is CNc1cc(C(F)(F)F)cc(N(C)C2CCCC(C)C2)n1. The first-order valence-corrected chi connectivity index (χ1v) is 7.31. The summed E-state index contributed by atoms with van der Waals surface area (Å²) in [5.74, 6) is 1.24. The minimum Gasteiger partial charge on any atom is -0.373 e. The molecule has 118 valence electrons. The van der Waals surface area contributed by atoms with E-state index in [1.54, 1.807) is 7.05 Å². The molecule has 0 radical (unpaired) electrons. The quantitative estimate of drug-likeness (QED) is 0.908. The van der Waals surface area contributed by atoms with Crippen molar-refractivity contribution in [3.63, 3.8) is 0 Å². The molecule has 1 aromatic heterocycles. The summed E-state index contributed by atoms with van der Waals surface area (Å²) in [7, 11) is 3.42. The van der Waals surface area contributed by atoms with Gasteiger partial charge in [0.05, 0.1) is 5.56 Å². The second kappa shape index (κ2) is 6.12. The summed E-state index contributed by atoms with van der Waals surface area (Å²) in [6.45, 7) is 2.19. The van der Waals surface area contributed by atoms with E-state index in [1.165, 1.54) is 6.42 Å². The molecular formula is C15H22F3N3. The summed E-state index contributed by atoms with van der Waals surface area (Å²) in [5, 5.41) is 2.71. The van der Waals surface area contributed by atoms with Gasteiger partial charge < -0.3 is 10.2 Å². The molecule has 1 aliphatic rings. The molecule has 1 heterocycles. The van der Waals surface area contributed by atoms with Gasteiger partial charge in [-0.3, -0.25) is 0 Å². The highest BCUT2D eigenvalue weighted by molar-refractivity contribution is 5.51. The fraction of sp³-hybridized carbons (Fsp3) is 0.667. The van der Waals surface area contributed by atoms with Crippen molar-refractivity contribution in [3.05, 3.63) is 17.7 Å². The number of aromatic nitrogens is 1. The molecule has 2 unspecified atom stereocenters. The predicted molar refractivity (Wildman–Crippen MR) is 78.6 cm³/mol. The average molecular weight is 301 g/mol. The first-order valence-electron chi connectivity index (χ1n) is 7.31. The highest BCUT2D eigenvalue weighted by atomic mass is 19.4. The lowest BCUT2D eigenvalue weighted by molar-refractivity contribution is -0.137. The number of hydrogen-bond acceptors (Lipinski definition) is 3. The second-order valence-electron chi connectivity index (χ2n) is 5.88. The van der Waals surface area contributed by atoms with Gasteiger partial charge in [-0.1, -0.05) is 19.8 Å². The molecule has 1 fully saturated rings. The number of rotatable bonds is 3. The molecule has 0 saturated heterocycles. The fourth-order valence-electron chi connectivity index (χ4n) is 2.93. The van der Waals surface area contributed by atoms with Gasteiger partial charge in [-0.25, -0.2) is 4.98 Å². The number of nitrogens with one attached hydrogen (secondary N) is 1. The lowest BCUT2D eigenvalue weighted by Gasteiger charge is -2.35. The average Bonchev–Trinajstić information content (AvgIpc) is 2.45. The normalized spacial score (nSPS) is 23.0. The molecule has 1 aromatic rings. The van der Waals surface area contributed by atoms with Crippen molar-refractivity contribution >= 4 is 11.6 Å². The Morgan fingerprint density at radius 3 is 2.57 bits per heavy atom. The molecule has 21 heavy (non-hydrogen) atoms. The Bertz CT molecular complexity index is 488. The van der Waals surface area contributed by atoms with E-state index in [2.05, 4.69) is 17.2 Å². The molecule has 0 aliphatic heterocycles. The summed E-state index contributed by atoms with van der Waals surface area (Å²) in [4.78, 5) is 6.17. The molecule has 1 N–H and O–H groups in total. The van der Waals surface area contributed by atoms with Crippen molar-refractivity contribution in [2.45, 2.75) is 44.8 Å².